The summed E-state index contributed by atoms with van der Waals surface area (Å²) in [6.07, 6.45) is 1.42. The predicted octanol–water partition coefficient (Wildman–Crippen LogP) is 5.89. The summed E-state index contributed by atoms with van der Waals surface area (Å²) >= 11 is 12.2. The first-order valence-electron chi connectivity index (χ1n) is 11.4. The fourth-order valence-corrected chi connectivity index (χ4v) is 5.92. The van der Waals surface area contributed by atoms with Crippen molar-refractivity contribution in [2.45, 2.75) is 18.7 Å². The second-order valence-corrected chi connectivity index (χ2v) is 11.1. The van der Waals surface area contributed by atoms with Crippen LogP contribution in [0.1, 0.15) is 17.0 Å². The molecule has 1 amide bonds. The van der Waals surface area contributed by atoms with Crippen LogP contribution in [0.15, 0.2) is 88.9 Å². The van der Waals surface area contributed by atoms with Gasteiger partial charge in [0.15, 0.2) is 0 Å². The standard InChI is InChI=1S/C27H23Cl2FN4O3S/c1-18-12-20(19(2)34(18)26-11-7-6-10-25(26)30)16-31-32-27(35)17-33(23-14-21(28)13-22(29)15-23)38(36,37)24-8-4-3-5-9-24/h3-16H,17H2,1-2H3,(H,32,35)/b31-16-. The number of carbonyl (C=O) groups excluding carboxylic acids is 1. The number of rotatable bonds is 8. The first kappa shape index (κ1) is 27.4. The summed E-state index contributed by atoms with van der Waals surface area (Å²) in [5, 5.41) is 4.43. The Kier molecular flexibility index (Phi) is 8.20. The van der Waals surface area contributed by atoms with Crippen LogP contribution < -0.4 is 9.73 Å². The lowest BCUT2D eigenvalue weighted by molar-refractivity contribution is -0.119. The molecule has 0 saturated carbocycles. The van der Waals surface area contributed by atoms with Gasteiger partial charge in [0.05, 0.1) is 22.5 Å². The highest BCUT2D eigenvalue weighted by Crippen LogP contribution is 2.29. The largest absolute Gasteiger partial charge is 0.315 e. The molecule has 0 aliphatic heterocycles. The molecule has 7 nitrogen and oxygen atoms in total. The number of nitrogens with zero attached hydrogens (tertiary/aromatic N) is 3. The lowest BCUT2D eigenvalue weighted by Crippen LogP contribution is -2.39. The van der Waals surface area contributed by atoms with Crippen LogP contribution in [0.3, 0.4) is 0 Å². The van der Waals surface area contributed by atoms with Crippen molar-refractivity contribution in [3.8, 4) is 5.69 Å². The van der Waals surface area contributed by atoms with Crippen LogP contribution >= 0.6 is 23.2 Å². The van der Waals surface area contributed by atoms with Crippen LogP contribution in [0.25, 0.3) is 5.69 Å². The number of aryl methyl sites for hydroxylation is 1. The number of benzene rings is 3. The zero-order valence-corrected chi connectivity index (χ0v) is 22.7. The zero-order chi connectivity index (χ0) is 27.4. The Morgan fingerprint density at radius 1 is 1.00 bits per heavy atom. The number of carbonyl (C=O) groups is 1. The maximum Gasteiger partial charge on any atom is 0.264 e. The first-order chi connectivity index (χ1) is 18.1. The molecule has 4 rings (SSSR count). The fourth-order valence-electron chi connectivity index (χ4n) is 3.98. The maximum absolute atomic E-state index is 14.4. The number of aromatic nitrogens is 1. The molecule has 0 aliphatic rings. The van der Waals surface area contributed by atoms with Gasteiger partial charge in [-0.05, 0) is 62.4 Å². The van der Waals surface area contributed by atoms with Crippen LogP contribution in [0.5, 0.6) is 0 Å². The molecule has 0 atom stereocenters. The van der Waals surface area contributed by atoms with Crippen molar-refractivity contribution in [1.29, 1.82) is 0 Å². The number of hydrogen-bond acceptors (Lipinski definition) is 4. The SMILES string of the molecule is Cc1cc(/C=N\NC(=O)CN(c2cc(Cl)cc(Cl)c2)S(=O)(=O)c2ccccc2)c(C)n1-c1ccccc1F. The predicted molar refractivity (Wildman–Crippen MR) is 148 cm³/mol. The molecule has 4 aromatic rings. The van der Waals surface area contributed by atoms with E-state index in [0.29, 0.717) is 16.9 Å². The highest BCUT2D eigenvalue weighted by molar-refractivity contribution is 7.92. The summed E-state index contributed by atoms with van der Waals surface area (Å²) in [5.41, 5.74) is 5.03. The van der Waals surface area contributed by atoms with Crippen molar-refractivity contribution in [3.05, 3.63) is 112 Å². The van der Waals surface area contributed by atoms with E-state index in [2.05, 4.69) is 10.5 Å². The van der Waals surface area contributed by atoms with E-state index in [9.17, 15) is 17.6 Å². The van der Waals surface area contributed by atoms with Gasteiger partial charge in [-0.15, -0.1) is 0 Å². The summed E-state index contributed by atoms with van der Waals surface area (Å²) in [7, 11) is -4.14. The van der Waals surface area contributed by atoms with Gasteiger partial charge >= 0.3 is 0 Å². The lowest BCUT2D eigenvalue weighted by atomic mass is 10.2. The second kappa shape index (κ2) is 11.4. The number of amides is 1. The number of hydrazone groups is 1. The highest BCUT2D eigenvalue weighted by Gasteiger charge is 2.27. The number of nitrogens with one attached hydrogen (secondary N) is 1. The minimum absolute atomic E-state index is 0.00650. The number of hydrogen-bond donors (Lipinski definition) is 1. The van der Waals surface area contributed by atoms with Gasteiger partial charge in [0.1, 0.15) is 12.4 Å². The van der Waals surface area contributed by atoms with Crippen molar-refractivity contribution < 1.29 is 17.6 Å². The Bertz CT molecular complexity index is 1600. The Morgan fingerprint density at radius 3 is 2.29 bits per heavy atom. The van der Waals surface area contributed by atoms with Gasteiger partial charge in [0.25, 0.3) is 15.9 Å². The molecule has 0 fully saturated rings. The minimum atomic E-state index is -4.14. The van der Waals surface area contributed by atoms with E-state index < -0.39 is 22.5 Å². The van der Waals surface area contributed by atoms with Crippen LogP contribution in [0.2, 0.25) is 10.0 Å². The molecule has 1 heterocycles. The molecule has 0 aliphatic carbocycles. The van der Waals surface area contributed by atoms with Crippen LogP contribution in [-0.2, 0) is 14.8 Å². The Hall–Kier alpha value is -3.66. The van der Waals surface area contributed by atoms with Gasteiger partial charge < -0.3 is 4.57 Å². The monoisotopic (exact) mass is 572 g/mol. The second-order valence-electron chi connectivity index (χ2n) is 8.36. The van der Waals surface area contributed by atoms with Crippen molar-refractivity contribution in [3.63, 3.8) is 0 Å². The summed E-state index contributed by atoms with van der Waals surface area (Å²) < 4.78 is 43.9. The molecular weight excluding hydrogens is 550 g/mol. The summed E-state index contributed by atoms with van der Waals surface area (Å²) in [5.74, 6) is -1.06. The fraction of sp³-hybridized carbons (Fsp3) is 0.111. The molecule has 0 radical (unpaired) electrons. The zero-order valence-electron chi connectivity index (χ0n) is 20.4. The van der Waals surface area contributed by atoms with Gasteiger partial charge in [-0.25, -0.2) is 18.2 Å². The quantitative estimate of drug-likeness (QED) is 0.211. The molecule has 1 aromatic heterocycles. The third kappa shape index (κ3) is 5.91. The van der Waals surface area contributed by atoms with Crippen molar-refractivity contribution >= 4 is 51.0 Å². The van der Waals surface area contributed by atoms with Crippen molar-refractivity contribution in [2.24, 2.45) is 5.10 Å². The van der Waals surface area contributed by atoms with E-state index in [1.54, 1.807) is 54.0 Å². The van der Waals surface area contributed by atoms with E-state index in [-0.39, 0.29) is 26.4 Å². The van der Waals surface area contributed by atoms with E-state index in [4.69, 9.17) is 23.2 Å². The Balaban J connectivity index is 1.58. The molecule has 0 bridgehead atoms. The molecule has 11 heteroatoms. The number of sulfonamides is 1. The molecule has 0 spiro atoms. The summed E-state index contributed by atoms with van der Waals surface area (Å²) in [6.45, 7) is 3.05. The van der Waals surface area contributed by atoms with Crippen LogP contribution in [0, 0.1) is 19.7 Å². The highest BCUT2D eigenvalue weighted by atomic mass is 35.5. The number of halogens is 3. The van der Waals surface area contributed by atoms with Gasteiger partial charge in [0.2, 0.25) is 0 Å². The molecule has 1 N–H and O–H groups in total. The van der Waals surface area contributed by atoms with Gasteiger partial charge in [-0.3, -0.25) is 9.10 Å². The van der Waals surface area contributed by atoms with Gasteiger partial charge in [-0.2, -0.15) is 5.10 Å². The number of para-hydroxylation sites is 1. The average Bonchev–Trinajstić information content (AvgIpc) is 3.15. The minimum Gasteiger partial charge on any atom is -0.315 e. The van der Waals surface area contributed by atoms with Gasteiger partial charge in [0, 0.05) is 27.0 Å². The van der Waals surface area contributed by atoms with E-state index in [0.717, 1.165) is 10.00 Å². The Morgan fingerprint density at radius 2 is 1.63 bits per heavy atom. The lowest BCUT2D eigenvalue weighted by Gasteiger charge is -2.24. The molecule has 3 aromatic carbocycles. The van der Waals surface area contributed by atoms with Gasteiger partial charge in [-0.1, -0.05) is 53.5 Å². The smallest absolute Gasteiger partial charge is 0.264 e. The van der Waals surface area contributed by atoms with Crippen molar-refractivity contribution in [2.75, 3.05) is 10.8 Å². The Labute approximate surface area is 230 Å². The molecule has 0 saturated heterocycles. The topological polar surface area (TPSA) is 83.8 Å². The van der Waals surface area contributed by atoms with E-state index in [1.165, 1.54) is 42.6 Å². The first-order valence-corrected chi connectivity index (χ1v) is 13.6. The number of anilines is 1. The van der Waals surface area contributed by atoms with E-state index >= 15 is 0 Å². The van der Waals surface area contributed by atoms with Crippen LogP contribution in [-0.4, -0.2) is 31.7 Å². The third-order valence-corrected chi connectivity index (χ3v) is 7.93. The molecule has 38 heavy (non-hydrogen) atoms. The van der Waals surface area contributed by atoms with E-state index in [1.807, 2.05) is 6.92 Å². The third-order valence-electron chi connectivity index (χ3n) is 5.71. The van der Waals surface area contributed by atoms with Crippen molar-refractivity contribution in [1.82, 2.24) is 9.99 Å². The molecule has 0 unspecified atom stereocenters. The molecular formula is C27H23Cl2FN4O3S. The summed E-state index contributed by atoms with van der Waals surface area (Å²) in [4.78, 5) is 12.8. The summed E-state index contributed by atoms with van der Waals surface area (Å²) in [6, 6.07) is 20.2. The maximum atomic E-state index is 14.4. The van der Waals surface area contributed by atoms with Crippen LogP contribution in [0.4, 0.5) is 10.1 Å². The normalized spacial score (nSPS) is 11.6. The molecule has 196 valence electrons. The average molecular weight is 573 g/mol.